The van der Waals surface area contributed by atoms with E-state index in [1.54, 1.807) is 24.1 Å². The van der Waals surface area contributed by atoms with Gasteiger partial charge in [-0.1, -0.05) is 47.7 Å². The maximum absolute atomic E-state index is 13.8. The van der Waals surface area contributed by atoms with Gasteiger partial charge in [-0.05, 0) is 61.2 Å². The summed E-state index contributed by atoms with van der Waals surface area (Å²) in [4.78, 5) is 20.4. The average molecular weight is 522 g/mol. The zero-order valence-corrected chi connectivity index (χ0v) is 21.8. The molecular weight excluding hydrogens is 494 g/mol. The first kappa shape index (κ1) is 24.4. The number of carbonyl (C=O) groups excluding carboxylic acids is 1. The largest absolute Gasteiger partial charge is 0.494 e. The molecule has 1 saturated heterocycles. The van der Waals surface area contributed by atoms with Crippen LogP contribution in [0.1, 0.15) is 34.3 Å². The molecule has 36 heavy (non-hydrogen) atoms. The van der Waals surface area contributed by atoms with E-state index in [4.69, 9.17) is 9.72 Å². The number of hydrogen-bond acceptors (Lipinski definition) is 6. The monoisotopic (exact) mass is 521 g/mol. The maximum atomic E-state index is 13.8. The van der Waals surface area contributed by atoms with E-state index in [9.17, 15) is 13.2 Å². The van der Waals surface area contributed by atoms with E-state index in [-0.39, 0.29) is 10.8 Å². The molecule has 0 unspecified atom stereocenters. The van der Waals surface area contributed by atoms with Crippen molar-refractivity contribution >= 4 is 42.6 Å². The van der Waals surface area contributed by atoms with Crippen LogP contribution in [-0.2, 0) is 16.6 Å². The highest BCUT2D eigenvalue weighted by atomic mass is 32.2. The number of rotatable bonds is 7. The maximum Gasteiger partial charge on any atom is 0.260 e. The molecule has 0 saturated carbocycles. The third kappa shape index (κ3) is 4.61. The van der Waals surface area contributed by atoms with Crippen LogP contribution in [0.3, 0.4) is 0 Å². The molecule has 1 aromatic heterocycles. The third-order valence-corrected chi connectivity index (χ3v) is 9.50. The molecule has 0 N–H and O–H groups in total. The summed E-state index contributed by atoms with van der Waals surface area (Å²) < 4.78 is 33.8. The summed E-state index contributed by atoms with van der Waals surface area (Å²) in [5, 5.41) is 0.556. The Kier molecular flexibility index (Phi) is 6.79. The molecule has 0 aliphatic carbocycles. The van der Waals surface area contributed by atoms with Crippen molar-refractivity contribution in [1.82, 2.24) is 9.29 Å². The molecular formula is C27H27N3O4S2. The second kappa shape index (κ2) is 10.0. The average Bonchev–Trinajstić information content (AvgIpc) is 3.60. The Morgan fingerprint density at radius 3 is 2.39 bits per heavy atom. The Bertz CT molecular complexity index is 1490. The van der Waals surface area contributed by atoms with Crippen molar-refractivity contribution < 1.29 is 17.9 Å². The molecule has 186 valence electrons. The number of methoxy groups -OCH3 is 1. The van der Waals surface area contributed by atoms with Crippen molar-refractivity contribution in [3.8, 4) is 5.75 Å². The van der Waals surface area contributed by atoms with Gasteiger partial charge in [0.15, 0.2) is 5.13 Å². The summed E-state index contributed by atoms with van der Waals surface area (Å²) in [6.07, 6.45) is 1.74. The van der Waals surface area contributed by atoms with Gasteiger partial charge in [0, 0.05) is 18.7 Å². The lowest BCUT2D eigenvalue weighted by Crippen LogP contribution is -2.30. The number of hydrogen-bond donors (Lipinski definition) is 0. The van der Waals surface area contributed by atoms with Crippen LogP contribution < -0.4 is 9.64 Å². The van der Waals surface area contributed by atoms with Crippen LogP contribution in [0.5, 0.6) is 5.75 Å². The Hall–Kier alpha value is -3.27. The van der Waals surface area contributed by atoms with Gasteiger partial charge in [-0.2, -0.15) is 4.31 Å². The van der Waals surface area contributed by atoms with Gasteiger partial charge in [-0.3, -0.25) is 9.69 Å². The predicted molar refractivity (Wildman–Crippen MR) is 142 cm³/mol. The van der Waals surface area contributed by atoms with Crippen molar-refractivity contribution in [2.75, 3.05) is 25.1 Å². The summed E-state index contributed by atoms with van der Waals surface area (Å²) >= 11 is 1.44. The van der Waals surface area contributed by atoms with Crippen molar-refractivity contribution in [3.05, 3.63) is 83.4 Å². The van der Waals surface area contributed by atoms with E-state index in [0.717, 1.165) is 34.2 Å². The predicted octanol–water partition coefficient (Wildman–Crippen LogP) is 5.24. The Morgan fingerprint density at radius 1 is 1.03 bits per heavy atom. The van der Waals surface area contributed by atoms with Crippen LogP contribution in [0.15, 0.2) is 71.6 Å². The van der Waals surface area contributed by atoms with E-state index in [0.29, 0.717) is 36.1 Å². The highest BCUT2D eigenvalue weighted by Crippen LogP contribution is 2.37. The minimum absolute atomic E-state index is 0.205. The van der Waals surface area contributed by atoms with Crippen molar-refractivity contribution in [2.24, 2.45) is 0 Å². The number of sulfonamides is 1. The van der Waals surface area contributed by atoms with E-state index < -0.39 is 10.0 Å². The molecule has 7 nitrogen and oxygen atoms in total. The van der Waals surface area contributed by atoms with Crippen LogP contribution >= 0.6 is 11.3 Å². The van der Waals surface area contributed by atoms with E-state index >= 15 is 0 Å². The smallest absolute Gasteiger partial charge is 0.260 e. The van der Waals surface area contributed by atoms with E-state index in [2.05, 4.69) is 0 Å². The third-order valence-electron chi connectivity index (χ3n) is 6.38. The number of carbonyl (C=O) groups is 1. The molecule has 1 aliphatic rings. The van der Waals surface area contributed by atoms with Gasteiger partial charge in [-0.25, -0.2) is 13.4 Å². The first-order chi connectivity index (χ1) is 17.4. The van der Waals surface area contributed by atoms with Crippen LogP contribution in [-0.4, -0.2) is 43.8 Å². The summed E-state index contributed by atoms with van der Waals surface area (Å²) in [6, 6.07) is 19.8. The normalized spacial score (nSPS) is 14.3. The van der Waals surface area contributed by atoms with E-state index in [1.807, 2.05) is 49.4 Å². The highest BCUT2D eigenvalue weighted by molar-refractivity contribution is 7.89. The van der Waals surface area contributed by atoms with Crippen LogP contribution in [0.4, 0.5) is 5.13 Å². The zero-order valence-electron chi connectivity index (χ0n) is 20.2. The molecule has 1 amide bonds. The fraction of sp³-hybridized carbons (Fsp3) is 0.259. The quantitative estimate of drug-likeness (QED) is 0.332. The zero-order chi connectivity index (χ0) is 25.3. The van der Waals surface area contributed by atoms with Gasteiger partial charge < -0.3 is 4.74 Å². The first-order valence-corrected chi connectivity index (χ1v) is 14.0. The molecule has 1 aliphatic heterocycles. The van der Waals surface area contributed by atoms with Crippen LogP contribution in [0.25, 0.3) is 10.2 Å². The number of benzene rings is 3. The number of nitrogens with zero attached hydrogens (tertiary/aromatic N) is 3. The Labute approximate surface area is 215 Å². The van der Waals surface area contributed by atoms with Crippen LogP contribution in [0.2, 0.25) is 0 Å². The standard InChI is InChI=1S/C27H27N3O4S2/c1-19-10-15-23(34-2)24-25(19)35-27(28-24)30(18-20-8-4-3-5-9-20)26(31)21-11-13-22(14-12-21)36(32,33)29-16-6-7-17-29/h3-5,8-15H,6-7,16-18H2,1-2H3. The van der Waals surface area contributed by atoms with Gasteiger partial charge in [0.1, 0.15) is 11.3 Å². The number of aryl methyl sites for hydroxylation is 1. The topological polar surface area (TPSA) is 79.8 Å². The molecule has 0 bridgehead atoms. The van der Waals surface area contributed by atoms with Gasteiger partial charge >= 0.3 is 0 Å². The minimum Gasteiger partial charge on any atom is -0.494 e. The molecule has 4 aromatic rings. The van der Waals surface area contributed by atoms with Gasteiger partial charge in [0.2, 0.25) is 10.0 Å². The number of fused-ring (bicyclic) bond motifs is 1. The molecule has 3 aromatic carbocycles. The molecule has 0 atom stereocenters. The fourth-order valence-corrected chi connectivity index (χ4v) is 6.94. The SMILES string of the molecule is COc1ccc(C)c2sc(N(Cc3ccccc3)C(=O)c3ccc(S(=O)(=O)N4CCCC4)cc3)nc12. The Morgan fingerprint density at radius 2 is 1.72 bits per heavy atom. The lowest BCUT2D eigenvalue weighted by atomic mass is 10.1. The van der Waals surface area contributed by atoms with Crippen molar-refractivity contribution in [2.45, 2.75) is 31.2 Å². The first-order valence-electron chi connectivity index (χ1n) is 11.8. The minimum atomic E-state index is -3.55. The lowest BCUT2D eigenvalue weighted by Gasteiger charge is -2.21. The van der Waals surface area contributed by atoms with Gasteiger partial charge in [-0.15, -0.1) is 0 Å². The number of amides is 1. The molecule has 5 rings (SSSR count). The lowest BCUT2D eigenvalue weighted by molar-refractivity contribution is 0.0985. The fourth-order valence-electron chi connectivity index (χ4n) is 4.37. The number of thiazole rings is 1. The van der Waals surface area contributed by atoms with Crippen molar-refractivity contribution in [1.29, 1.82) is 0 Å². The van der Waals surface area contributed by atoms with E-state index in [1.165, 1.54) is 27.8 Å². The second-order valence-corrected chi connectivity index (χ2v) is 11.7. The number of ether oxygens (including phenoxy) is 1. The summed E-state index contributed by atoms with van der Waals surface area (Å²) in [7, 11) is -1.94. The van der Waals surface area contributed by atoms with Crippen molar-refractivity contribution in [3.63, 3.8) is 0 Å². The van der Waals surface area contributed by atoms with Crippen LogP contribution in [0, 0.1) is 6.92 Å². The summed E-state index contributed by atoms with van der Waals surface area (Å²) in [6.45, 7) is 3.41. The summed E-state index contributed by atoms with van der Waals surface area (Å²) in [5.41, 5.74) is 3.13. The van der Waals surface area contributed by atoms with Gasteiger partial charge in [0.25, 0.3) is 5.91 Å². The second-order valence-electron chi connectivity index (χ2n) is 8.77. The number of anilines is 1. The molecule has 1 fully saturated rings. The molecule has 2 heterocycles. The molecule has 9 heteroatoms. The number of aromatic nitrogens is 1. The highest BCUT2D eigenvalue weighted by Gasteiger charge is 2.28. The molecule has 0 radical (unpaired) electrons. The Balaban J connectivity index is 1.52. The molecule has 0 spiro atoms. The summed E-state index contributed by atoms with van der Waals surface area (Å²) in [5.74, 6) is 0.404. The van der Waals surface area contributed by atoms with Gasteiger partial charge in [0.05, 0.1) is 23.2 Å².